The molecule has 2 unspecified atom stereocenters. The summed E-state index contributed by atoms with van der Waals surface area (Å²) in [4.78, 5) is 0. The SMILES string of the molecule is CCCNC(c1ccccc1)C1(C)CCCCO1. The maximum atomic E-state index is 6.12. The smallest absolute Gasteiger partial charge is 0.0848 e. The fourth-order valence-electron chi connectivity index (χ4n) is 2.80. The molecule has 2 nitrogen and oxygen atoms in total. The first-order valence-corrected chi connectivity index (χ1v) is 7.18. The number of nitrogens with one attached hydrogen (secondary N) is 1. The van der Waals surface area contributed by atoms with Crippen LogP contribution in [0.1, 0.15) is 51.1 Å². The van der Waals surface area contributed by atoms with Crippen LogP contribution >= 0.6 is 0 Å². The van der Waals surface area contributed by atoms with E-state index >= 15 is 0 Å². The molecular formula is C16H25NO. The minimum absolute atomic E-state index is 0.0607. The summed E-state index contributed by atoms with van der Waals surface area (Å²) < 4.78 is 6.12. The number of hydrogen-bond donors (Lipinski definition) is 1. The van der Waals surface area contributed by atoms with Gasteiger partial charge in [-0.05, 0) is 44.7 Å². The van der Waals surface area contributed by atoms with Gasteiger partial charge in [0.1, 0.15) is 0 Å². The van der Waals surface area contributed by atoms with Crippen molar-refractivity contribution in [2.75, 3.05) is 13.2 Å². The lowest BCUT2D eigenvalue weighted by Crippen LogP contribution is -2.46. The van der Waals surface area contributed by atoms with Crippen molar-refractivity contribution in [2.24, 2.45) is 0 Å². The normalized spacial score (nSPS) is 25.9. The third-order valence-corrected chi connectivity index (χ3v) is 3.84. The molecule has 1 aromatic rings. The Labute approximate surface area is 111 Å². The van der Waals surface area contributed by atoms with Crippen LogP contribution in [0.4, 0.5) is 0 Å². The lowest BCUT2D eigenvalue weighted by atomic mass is 9.84. The Morgan fingerprint density at radius 1 is 1.28 bits per heavy atom. The molecule has 2 atom stereocenters. The van der Waals surface area contributed by atoms with Gasteiger partial charge >= 0.3 is 0 Å². The Kier molecular flexibility index (Phi) is 4.79. The average molecular weight is 247 g/mol. The molecule has 1 heterocycles. The number of rotatable bonds is 5. The van der Waals surface area contributed by atoms with Gasteiger partial charge in [-0.15, -0.1) is 0 Å². The van der Waals surface area contributed by atoms with Crippen LogP contribution in [-0.2, 0) is 4.74 Å². The summed E-state index contributed by atoms with van der Waals surface area (Å²) in [5.74, 6) is 0. The van der Waals surface area contributed by atoms with E-state index in [9.17, 15) is 0 Å². The first-order valence-electron chi connectivity index (χ1n) is 7.18. The van der Waals surface area contributed by atoms with Crippen LogP contribution in [0.25, 0.3) is 0 Å². The molecule has 0 aromatic heterocycles. The molecule has 0 amide bonds. The molecule has 2 heteroatoms. The van der Waals surface area contributed by atoms with Crippen molar-refractivity contribution < 1.29 is 4.74 Å². The van der Waals surface area contributed by atoms with E-state index in [1.807, 2.05) is 0 Å². The van der Waals surface area contributed by atoms with Gasteiger partial charge in [0.05, 0.1) is 11.6 Å². The van der Waals surface area contributed by atoms with Gasteiger partial charge in [-0.3, -0.25) is 0 Å². The first kappa shape index (κ1) is 13.6. The highest BCUT2D eigenvalue weighted by Gasteiger charge is 2.37. The Morgan fingerprint density at radius 2 is 2.06 bits per heavy atom. The van der Waals surface area contributed by atoms with Gasteiger partial charge in [0.25, 0.3) is 0 Å². The van der Waals surface area contributed by atoms with Crippen molar-refractivity contribution in [2.45, 2.75) is 51.2 Å². The van der Waals surface area contributed by atoms with Crippen LogP contribution in [0.5, 0.6) is 0 Å². The van der Waals surface area contributed by atoms with Crippen LogP contribution in [-0.4, -0.2) is 18.8 Å². The summed E-state index contributed by atoms with van der Waals surface area (Å²) in [7, 11) is 0. The van der Waals surface area contributed by atoms with E-state index in [2.05, 4.69) is 49.5 Å². The zero-order chi connectivity index (χ0) is 12.8. The standard InChI is InChI=1S/C16H25NO/c1-3-12-17-15(14-9-5-4-6-10-14)16(2)11-7-8-13-18-16/h4-6,9-10,15,17H,3,7-8,11-13H2,1-2H3. The van der Waals surface area contributed by atoms with Gasteiger partial charge in [0.2, 0.25) is 0 Å². The maximum absolute atomic E-state index is 6.12. The molecule has 1 N–H and O–H groups in total. The number of ether oxygens (including phenoxy) is 1. The summed E-state index contributed by atoms with van der Waals surface area (Å²) in [5.41, 5.74) is 1.28. The first-order chi connectivity index (χ1) is 8.76. The lowest BCUT2D eigenvalue weighted by molar-refractivity contribution is -0.0897. The summed E-state index contributed by atoms with van der Waals surface area (Å²) in [5, 5.41) is 3.67. The van der Waals surface area contributed by atoms with Gasteiger partial charge in [-0.1, -0.05) is 37.3 Å². The fraction of sp³-hybridized carbons (Fsp3) is 0.625. The van der Waals surface area contributed by atoms with Gasteiger partial charge in [-0.2, -0.15) is 0 Å². The molecule has 0 bridgehead atoms. The number of hydrogen-bond acceptors (Lipinski definition) is 2. The predicted octanol–water partition coefficient (Wildman–Crippen LogP) is 3.69. The van der Waals surface area contributed by atoms with Crippen LogP contribution in [0.3, 0.4) is 0 Å². The molecule has 100 valence electrons. The summed E-state index contributed by atoms with van der Waals surface area (Å²) in [6.45, 7) is 6.40. The summed E-state index contributed by atoms with van der Waals surface area (Å²) in [6.07, 6.45) is 4.77. The third-order valence-electron chi connectivity index (χ3n) is 3.84. The highest BCUT2D eigenvalue weighted by Crippen LogP contribution is 2.36. The van der Waals surface area contributed by atoms with Crippen molar-refractivity contribution in [3.05, 3.63) is 35.9 Å². The molecular weight excluding hydrogens is 222 g/mol. The minimum atomic E-state index is -0.0607. The maximum Gasteiger partial charge on any atom is 0.0848 e. The van der Waals surface area contributed by atoms with Crippen molar-refractivity contribution in [3.63, 3.8) is 0 Å². The van der Waals surface area contributed by atoms with Crippen molar-refractivity contribution in [1.29, 1.82) is 0 Å². The average Bonchev–Trinajstić information content (AvgIpc) is 2.41. The topological polar surface area (TPSA) is 21.3 Å². The molecule has 18 heavy (non-hydrogen) atoms. The quantitative estimate of drug-likeness (QED) is 0.857. The van der Waals surface area contributed by atoms with E-state index in [1.165, 1.54) is 18.4 Å². The zero-order valence-electron chi connectivity index (χ0n) is 11.6. The largest absolute Gasteiger partial charge is 0.373 e. The van der Waals surface area contributed by atoms with Gasteiger partial charge in [0.15, 0.2) is 0 Å². The zero-order valence-corrected chi connectivity index (χ0v) is 11.6. The van der Waals surface area contributed by atoms with Crippen LogP contribution < -0.4 is 5.32 Å². The van der Waals surface area contributed by atoms with Crippen molar-refractivity contribution in [1.82, 2.24) is 5.32 Å². The molecule has 1 aliphatic rings. The second-order valence-electron chi connectivity index (χ2n) is 5.42. The minimum Gasteiger partial charge on any atom is -0.373 e. The highest BCUT2D eigenvalue weighted by molar-refractivity contribution is 5.22. The van der Waals surface area contributed by atoms with Crippen LogP contribution in [0.15, 0.2) is 30.3 Å². The Balaban J connectivity index is 2.18. The predicted molar refractivity (Wildman–Crippen MR) is 75.7 cm³/mol. The highest BCUT2D eigenvalue weighted by atomic mass is 16.5. The molecule has 2 rings (SSSR count). The second-order valence-corrected chi connectivity index (χ2v) is 5.42. The van der Waals surface area contributed by atoms with E-state index in [-0.39, 0.29) is 5.60 Å². The van der Waals surface area contributed by atoms with Gasteiger partial charge in [0, 0.05) is 6.61 Å². The Morgan fingerprint density at radius 3 is 2.67 bits per heavy atom. The third kappa shape index (κ3) is 3.12. The van der Waals surface area contributed by atoms with Gasteiger partial charge in [-0.25, -0.2) is 0 Å². The Bertz CT molecular complexity index is 343. The molecule has 0 radical (unpaired) electrons. The van der Waals surface area contributed by atoms with Crippen molar-refractivity contribution >= 4 is 0 Å². The van der Waals surface area contributed by atoms with Crippen LogP contribution in [0.2, 0.25) is 0 Å². The fourth-order valence-corrected chi connectivity index (χ4v) is 2.80. The van der Waals surface area contributed by atoms with E-state index in [0.717, 1.165) is 26.0 Å². The molecule has 0 saturated carbocycles. The van der Waals surface area contributed by atoms with E-state index < -0.39 is 0 Å². The summed E-state index contributed by atoms with van der Waals surface area (Å²) in [6, 6.07) is 11.0. The van der Waals surface area contributed by atoms with Crippen molar-refractivity contribution in [3.8, 4) is 0 Å². The van der Waals surface area contributed by atoms with Crippen LogP contribution in [0, 0.1) is 0 Å². The van der Waals surface area contributed by atoms with E-state index in [4.69, 9.17) is 4.74 Å². The summed E-state index contributed by atoms with van der Waals surface area (Å²) >= 11 is 0. The lowest BCUT2D eigenvalue weighted by Gasteiger charge is -2.41. The molecule has 1 fully saturated rings. The molecule has 1 aromatic carbocycles. The monoisotopic (exact) mass is 247 g/mol. The molecule has 0 aliphatic carbocycles. The second kappa shape index (κ2) is 6.35. The van der Waals surface area contributed by atoms with E-state index in [0.29, 0.717) is 6.04 Å². The molecule has 1 aliphatic heterocycles. The van der Waals surface area contributed by atoms with Gasteiger partial charge < -0.3 is 10.1 Å². The number of benzene rings is 1. The molecule has 1 saturated heterocycles. The molecule has 0 spiro atoms. The Hall–Kier alpha value is -0.860. The van der Waals surface area contributed by atoms with E-state index in [1.54, 1.807) is 0 Å².